The van der Waals surface area contributed by atoms with Crippen molar-refractivity contribution in [3.8, 4) is 0 Å². The first-order valence-electron chi connectivity index (χ1n) is 10.2. The van der Waals surface area contributed by atoms with Crippen LogP contribution in [0.4, 0.5) is 11.4 Å². The van der Waals surface area contributed by atoms with Gasteiger partial charge in [0.1, 0.15) is 5.54 Å². The Balaban J connectivity index is 2.11. The first-order chi connectivity index (χ1) is 12.9. The second-order valence-corrected chi connectivity index (χ2v) is 7.66. The molecule has 0 aliphatic rings. The Morgan fingerprint density at radius 2 is 1.52 bits per heavy atom. The van der Waals surface area contributed by atoms with Gasteiger partial charge in [0.25, 0.3) is 0 Å². The van der Waals surface area contributed by atoms with Gasteiger partial charge in [0.2, 0.25) is 5.91 Å². The van der Waals surface area contributed by atoms with Crippen LogP contribution in [0.25, 0.3) is 0 Å². The summed E-state index contributed by atoms with van der Waals surface area (Å²) in [6, 6.07) is 14.6. The lowest BCUT2D eigenvalue weighted by atomic mass is 9.98. The highest BCUT2D eigenvalue weighted by Gasteiger charge is 2.28. The van der Waals surface area contributed by atoms with E-state index in [9.17, 15) is 4.79 Å². The van der Waals surface area contributed by atoms with Crippen LogP contribution in [-0.2, 0) is 24.1 Å². The Morgan fingerprint density at radius 1 is 0.926 bits per heavy atom. The van der Waals surface area contributed by atoms with Gasteiger partial charge < -0.3 is 10.6 Å². The van der Waals surface area contributed by atoms with Gasteiger partial charge in [-0.25, -0.2) is 0 Å². The number of para-hydroxylation sites is 1. The third kappa shape index (κ3) is 5.59. The molecular weight excluding hydrogens is 332 g/mol. The van der Waals surface area contributed by atoms with Crippen molar-refractivity contribution in [1.29, 1.82) is 0 Å². The van der Waals surface area contributed by atoms with Gasteiger partial charge in [0.15, 0.2) is 0 Å². The van der Waals surface area contributed by atoms with Crippen molar-refractivity contribution in [3.63, 3.8) is 0 Å². The average molecular weight is 367 g/mol. The fraction of sp³-hybridized carbons (Fsp3) is 0.458. The summed E-state index contributed by atoms with van der Waals surface area (Å²) >= 11 is 0. The molecule has 0 saturated heterocycles. The van der Waals surface area contributed by atoms with E-state index in [0.29, 0.717) is 0 Å². The SMILES string of the molecule is CCCCc1ccc(NC(=O)C(C)(C)Nc2c(CC)cccc2CC)cc1. The molecule has 1 amide bonds. The standard InChI is InChI=1S/C24H34N2O/c1-6-9-11-18-14-16-21(17-15-18)25-23(27)24(4,5)26-22-19(7-2)12-10-13-20(22)8-3/h10,12-17,26H,6-9,11H2,1-5H3,(H,25,27). The number of amides is 1. The number of aryl methyl sites for hydroxylation is 3. The molecule has 0 aromatic heterocycles. The van der Waals surface area contributed by atoms with Crippen LogP contribution < -0.4 is 10.6 Å². The molecule has 0 radical (unpaired) electrons. The van der Waals surface area contributed by atoms with Crippen LogP contribution in [0.1, 0.15) is 64.2 Å². The Morgan fingerprint density at radius 3 is 2.04 bits per heavy atom. The van der Waals surface area contributed by atoms with Crippen LogP contribution in [0.3, 0.4) is 0 Å². The minimum Gasteiger partial charge on any atom is -0.371 e. The lowest BCUT2D eigenvalue weighted by Gasteiger charge is -2.29. The molecule has 0 heterocycles. The van der Waals surface area contributed by atoms with Gasteiger partial charge in [0, 0.05) is 11.4 Å². The van der Waals surface area contributed by atoms with Crippen LogP contribution in [-0.4, -0.2) is 11.4 Å². The van der Waals surface area contributed by atoms with Gasteiger partial charge in [-0.1, -0.05) is 57.5 Å². The van der Waals surface area contributed by atoms with Crippen molar-refractivity contribution in [1.82, 2.24) is 0 Å². The zero-order valence-corrected chi connectivity index (χ0v) is 17.5. The number of rotatable bonds is 9. The van der Waals surface area contributed by atoms with Crippen molar-refractivity contribution in [2.24, 2.45) is 0 Å². The molecule has 146 valence electrons. The van der Waals surface area contributed by atoms with Crippen LogP contribution >= 0.6 is 0 Å². The van der Waals surface area contributed by atoms with Crippen LogP contribution in [0.2, 0.25) is 0 Å². The fourth-order valence-electron chi connectivity index (χ4n) is 3.20. The lowest BCUT2D eigenvalue weighted by Crippen LogP contribution is -2.44. The van der Waals surface area contributed by atoms with Crippen molar-refractivity contribution >= 4 is 17.3 Å². The number of nitrogens with one attached hydrogen (secondary N) is 2. The third-order valence-corrected chi connectivity index (χ3v) is 5.03. The normalized spacial score (nSPS) is 11.3. The zero-order valence-electron chi connectivity index (χ0n) is 17.5. The van der Waals surface area contributed by atoms with Crippen molar-refractivity contribution in [2.45, 2.75) is 72.3 Å². The summed E-state index contributed by atoms with van der Waals surface area (Å²) in [6.45, 7) is 10.4. The summed E-state index contributed by atoms with van der Waals surface area (Å²) in [6.07, 6.45) is 5.35. The first-order valence-corrected chi connectivity index (χ1v) is 10.2. The summed E-state index contributed by atoms with van der Waals surface area (Å²) in [4.78, 5) is 12.9. The Hall–Kier alpha value is -2.29. The number of hydrogen-bond donors (Lipinski definition) is 2. The van der Waals surface area contributed by atoms with Gasteiger partial charge in [0.05, 0.1) is 0 Å². The van der Waals surface area contributed by atoms with Crippen molar-refractivity contribution in [2.75, 3.05) is 10.6 Å². The van der Waals surface area contributed by atoms with E-state index in [0.717, 1.165) is 30.6 Å². The molecule has 2 aromatic rings. The molecule has 0 atom stereocenters. The lowest BCUT2D eigenvalue weighted by molar-refractivity contribution is -0.119. The number of unbranched alkanes of at least 4 members (excludes halogenated alkanes) is 1. The zero-order chi connectivity index (χ0) is 19.9. The van der Waals surface area contributed by atoms with E-state index in [-0.39, 0.29) is 5.91 Å². The predicted octanol–water partition coefficient (Wildman–Crippen LogP) is 5.98. The molecule has 2 N–H and O–H groups in total. The predicted molar refractivity (Wildman–Crippen MR) is 117 cm³/mol. The van der Waals surface area contributed by atoms with E-state index >= 15 is 0 Å². The molecule has 0 aliphatic carbocycles. The second-order valence-electron chi connectivity index (χ2n) is 7.66. The van der Waals surface area contributed by atoms with Gasteiger partial charge in [-0.3, -0.25) is 4.79 Å². The van der Waals surface area contributed by atoms with Crippen molar-refractivity contribution in [3.05, 3.63) is 59.2 Å². The molecule has 0 fully saturated rings. The van der Waals surface area contributed by atoms with Crippen LogP contribution in [0, 0.1) is 0 Å². The van der Waals surface area contributed by atoms with Crippen molar-refractivity contribution < 1.29 is 4.79 Å². The molecule has 3 heteroatoms. The molecule has 0 unspecified atom stereocenters. The molecular formula is C24H34N2O. The van der Waals surface area contributed by atoms with Crippen LogP contribution in [0.5, 0.6) is 0 Å². The van der Waals surface area contributed by atoms with E-state index in [2.05, 4.69) is 61.7 Å². The average Bonchev–Trinajstić information content (AvgIpc) is 2.67. The number of hydrogen-bond acceptors (Lipinski definition) is 2. The first kappa shape index (κ1) is 21.0. The Labute approximate surface area is 164 Å². The summed E-state index contributed by atoms with van der Waals surface area (Å²) in [5, 5.41) is 6.56. The van der Waals surface area contributed by atoms with E-state index in [1.807, 2.05) is 26.0 Å². The molecule has 2 aromatic carbocycles. The fourth-order valence-corrected chi connectivity index (χ4v) is 3.20. The van der Waals surface area contributed by atoms with E-state index in [1.54, 1.807) is 0 Å². The molecule has 0 aliphatic heterocycles. The van der Waals surface area contributed by atoms with Crippen LogP contribution in [0.15, 0.2) is 42.5 Å². The minimum absolute atomic E-state index is 0.0308. The molecule has 0 bridgehead atoms. The van der Waals surface area contributed by atoms with E-state index in [4.69, 9.17) is 0 Å². The topological polar surface area (TPSA) is 41.1 Å². The summed E-state index contributed by atoms with van der Waals surface area (Å²) in [5.74, 6) is -0.0308. The summed E-state index contributed by atoms with van der Waals surface area (Å²) < 4.78 is 0. The maximum absolute atomic E-state index is 12.9. The molecule has 27 heavy (non-hydrogen) atoms. The highest BCUT2D eigenvalue weighted by atomic mass is 16.2. The molecule has 0 saturated carbocycles. The third-order valence-electron chi connectivity index (χ3n) is 5.03. The molecule has 0 spiro atoms. The van der Waals surface area contributed by atoms with E-state index < -0.39 is 5.54 Å². The minimum atomic E-state index is -0.712. The maximum Gasteiger partial charge on any atom is 0.249 e. The Bertz CT molecular complexity index is 725. The number of benzene rings is 2. The Kier molecular flexibility index (Phi) is 7.46. The number of carbonyl (C=O) groups excluding carboxylic acids is 1. The summed E-state index contributed by atoms with van der Waals surface area (Å²) in [5.41, 5.74) is 5.03. The number of anilines is 2. The maximum atomic E-state index is 12.9. The highest BCUT2D eigenvalue weighted by Crippen LogP contribution is 2.27. The van der Waals surface area contributed by atoms with Gasteiger partial charge in [-0.2, -0.15) is 0 Å². The molecule has 3 nitrogen and oxygen atoms in total. The van der Waals surface area contributed by atoms with Gasteiger partial charge in [-0.15, -0.1) is 0 Å². The number of carbonyl (C=O) groups is 1. The van der Waals surface area contributed by atoms with E-state index in [1.165, 1.54) is 29.5 Å². The highest BCUT2D eigenvalue weighted by molar-refractivity contribution is 5.99. The monoisotopic (exact) mass is 366 g/mol. The molecule has 2 rings (SSSR count). The van der Waals surface area contributed by atoms with Gasteiger partial charge in [-0.05, 0) is 68.4 Å². The largest absolute Gasteiger partial charge is 0.371 e. The summed E-state index contributed by atoms with van der Waals surface area (Å²) in [7, 11) is 0. The van der Waals surface area contributed by atoms with Gasteiger partial charge >= 0.3 is 0 Å². The smallest absolute Gasteiger partial charge is 0.249 e. The quantitative estimate of drug-likeness (QED) is 0.573. The second kappa shape index (κ2) is 9.59.